The van der Waals surface area contributed by atoms with Gasteiger partial charge in [-0.15, -0.1) is 0 Å². The van der Waals surface area contributed by atoms with Gasteiger partial charge >= 0.3 is 0 Å². The van der Waals surface area contributed by atoms with Gasteiger partial charge in [-0.25, -0.2) is 13.1 Å². The van der Waals surface area contributed by atoms with Crippen molar-refractivity contribution in [3.63, 3.8) is 0 Å². The van der Waals surface area contributed by atoms with E-state index in [1.54, 1.807) is 30.3 Å². The number of ketones is 1. The zero-order valence-corrected chi connectivity index (χ0v) is 21.2. The Morgan fingerprint density at radius 1 is 1.09 bits per heavy atom. The molecule has 1 aliphatic heterocycles. The largest absolute Gasteiger partial charge is 0.497 e. The molecule has 192 valence electrons. The second-order valence-electron chi connectivity index (χ2n) is 9.07. The number of ether oxygens (including phenoxy) is 3. The van der Waals surface area contributed by atoms with Crippen LogP contribution >= 0.6 is 0 Å². The second kappa shape index (κ2) is 11.9. The highest BCUT2D eigenvalue weighted by Crippen LogP contribution is 2.35. The summed E-state index contributed by atoms with van der Waals surface area (Å²) in [4.78, 5) is 12.4. The third-order valence-electron chi connectivity index (χ3n) is 5.49. The van der Waals surface area contributed by atoms with Crippen molar-refractivity contribution in [2.45, 2.75) is 49.7 Å². The van der Waals surface area contributed by atoms with Crippen molar-refractivity contribution in [3.8, 4) is 17.2 Å². The van der Waals surface area contributed by atoms with Crippen LogP contribution in [0.4, 0.5) is 0 Å². The minimum atomic E-state index is -3.55. The summed E-state index contributed by atoms with van der Waals surface area (Å²) >= 11 is 0. The van der Waals surface area contributed by atoms with E-state index in [9.17, 15) is 18.3 Å². The number of unbranched alkanes of at least 4 members (excludes halogenated alkanes) is 1. The van der Waals surface area contributed by atoms with E-state index in [1.807, 2.05) is 13.8 Å². The number of carbonyl (C=O) groups excluding carboxylic acids is 1. The first-order chi connectivity index (χ1) is 16.6. The normalized spacial score (nSPS) is 15.7. The fraction of sp³-hybridized carbons (Fsp3) is 0.480. The monoisotopic (exact) mass is 506 g/mol. The molecule has 1 heterocycles. The van der Waals surface area contributed by atoms with E-state index in [0.717, 1.165) is 6.42 Å². The Morgan fingerprint density at radius 2 is 1.77 bits per heavy atom. The molecule has 0 fully saturated rings. The number of benzene rings is 2. The van der Waals surface area contributed by atoms with Gasteiger partial charge in [0, 0.05) is 19.2 Å². The minimum Gasteiger partial charge on any atom is -0.497 e. The number of aliphatic hydroxyl groups is 1. The molecule has 0 saturated heterocycles. The molecule has 0 saturated carbocycles. The first kappa shape index (κ1) is 26.9. The average Bonchev–Trinajstić information content (AvgIpc) is 2.81. The molecule has 0 radical (unpaired) electrons. The van der Waals surface area contributed by atoms with Crippen molar-refractivity contribution in [2.75, 3.05) is 33.4 Å². The van der Waals surface area contributed by atoms with Crippen LogP contribution < -0.4 is 24.2 Å². The summed E-state index contributed by atoms with van der Waals surface area (Å²) in [6.45, 7) is 5.11. The Hall–Kier alpha value is -2.66. The third-order valence-corrected chi connectivity index (χ3v) is 6.97. The molecular weight excluding hydrogens is 472 g/mol. The summed E-state index contributed by atoms with van der Waals surface area (Å²) in [6, 6.07) is 11.3. The maximum absolute atomic E-state index is 12.3. The lowest BCUT2D eigenvalue weighted by molar-refractivity contribution is 0.0615. The predicted octanol–water partition coefficient (Wildman–Crippen LogP) is 2.53. The maximum Gasteiger partial charge on any atom is 0.240 e. The number of hydrogen-bond donors (Lipinski definition) is 3. The summed E-state index contributed by atoms with van der Waals surface area (Å²) < 4.78 is 43.7. The first-order valence-corrected chi connectivity index (χ1v) is 13.1. The van der Waals surface area contributed by atoms with Crippen molar-refractivity contribution >= 4 is 15.8 Å². The molecule has 2 aromatic rings. The molecule has 0 bridgehead atoms. The van der Waals surface area contributed by atoms with E-state index < -0.39 is 21.7 Å². The molecule has 2 aromatic carbocycles. The van der Waals surface area contributed by atoms with Gasteiger partial charge in [0.15, 0.2) is 5.78 Å². The van der Waals surface area contributed by atoms with Crippen molar-refractivity contribution in [1.82, 2.24) is 10.0 Å². The topological polar surface area (TPSA) is 123 Å². The van der Waals surface area contributed by atoms with Gasteiger partial charge in [-0.05, 0) is 69.6 Å². The van der Waals surface area contributed by atoms with Crippen molar-refractivity contribution in [1.29, 1.82) is 0 Å². The molecule has 10 heteroatoms. The van der Waals surface area contributed by atoms with Gasteiger partial charge in [-0.1, -0.05) is 0 Å². The van der Waals surface area contributed by atoms with Crippen LogP contribution in [0.2, 0.25) is 0 Å². The molecule has 0 amide bonds. The van der Waals surface area contributed by atoms with E-state index in [4.69, 9.17) is 14.2 Å². The van der Waals surface area contributed by atoms with Gasteiger partial charge in [-0.3, -0.25) is 4.79 Å². The van der Waals surface area contributed by atoms with Crippen LogP contribution in [0.5, 0.6) is 17.2 Å². The Bertz CT molecular complexity index is 1100. The number of hydrogen-bond acceptors (Lipinski definition) is 8. The molecule has 1 atom stereocenters. The fourth-order valence-corrected chi connectivity index (χ4v) is 4.74. The zero-order valence-electron chi connectivity index (χ0n) is 20.4. The highest BCUT2D eigenvalue weighted by Gasteiger charge is 2.32. The fourth-order valence-electron chi connectivity index (χ4n) is 3.66. The van der Waals surface area contributed by atoms with Gasteiger partial charge in [0.2, 0.25) is 10.0 Å². The Morgan fingerprint density at radius 3 is 2.49 bits per heavy atom. The maximum atomic E-state index is 12.3. The molecular formula is C25H34N2O7S. The summed E-state index contributed by atoms with van der Waals surface area (Å²) in [5.74, 6) is 1.66. The van der Waals surface area contributed by atoms with E-state index in [2.05, 4.69) is 10.0 Å². The molecule has 3 rings (SSSR count). The quantitative estimate of drug-likeness (QED) is 0.354. The van der Waals surface area contributed by atoms with Gasteiger partial charge < -0.3 is 24.6 Å². The lowest BCUT2D eigenvalue weighted by Crippen LogP contribution is -2.36. The number of Topliss-reactive ketones (excluding diaryl/α,β-unsaturated/α-hetero) is 1. The Balaban J connectivity index is 1.31. The highest BCUT2D eigenvalue weighted by molar-refractivity contribution is 7.89. The van der Waals surface area contributed by atoms with Gasteiger partial charge in [-0.2, -0.15) is 0 Å². The van der Waals surface area contributed by atoms with Crippen LogP contribution in [0.25, 0.3) is 0 Å². The van der Waals surface area contributed by atoms with Crippen LogP contribution in [0.1, 0.15) is 43.5 Å². The second-order valence-corrected chi connectivity index (χ2v) is 10.8. The Labute approximate surface area is 206 Å². The lowest BCUT2D eigenvalue weighted by atomic mass is 9.93. The van der Waals surface area contributed by atoms with Crippen LogP contribution in [0.3, 0.4) is 0 Å². The molecule has 9 nitrogen and oxygen atoms in total. The molecule has 0 aromatic heterocycles. The summed E-state index contributed by atoms with van der Waals surface area (Å²) in [5, 5.41) is 13.3. The third kappa shape index (κ3) is 7.93. The van der Waals surface area contributed by atoms with E-state index in [0.29, 0.717) is 55.3 Å². The van der Waals surface area contributed by atoms with E-state index in [1.165, 1.54) is 19.2 Å². The first-order valence-electron chi connectivity index (χ1n) is 11.6. The van der Waals surface area contributed by atoms with Crippen LogP contribution in [-0.2, 0) is 10.0 Å². The van der Waals surface area contributed by atoms with Crippen LogP contribution in [0.15, 0.2) is 47.4 Å². The lowest BCUT2D eigenvalue weighted by Gasteiger charge is -2.31. The van der Waals surface area contributed by atoms with E-state index in [-0.39, 0.29) is 17.3 Å². The molecule has 0 spiro atoms. The number of methoxy groups -OCH3 is 1. The minimum absolute atomic E-state index is 0.0422. The van der Waals surface area contributed by atoms with Crippen molar-refractivity contribution in [2.24, 2.45) is 0 Å². The standard InChI is InChI=1S/C25H34N2O7S/c1-25(2)15-23(29)22-11-8-20(14-24(22)34-25)33-17-18(28)16-26-12-4-5-13-27-35(30,31)21-9-6-19(32-3)7-10-21/h6-11,14,18,26-28H,4-5,12-13,15-17H2,1-3H3/t18-/m0/s1. The van der Waals surface area contributed by atoms with Crippen molar-refractivity contribution < 1.29 is 32.5 Å². The number of nitrogens with one attached hydrogen (secondary N) is 2. The van der Waals surface area contributed by atoms with Gasteiger partial charge in [0.25, 0.3) is 0 Å². The predicted molar refractivity (Wildman–Crippen MR) is 132 cm³/mol. The smallest absolute Gasteiger partial charge is 0.240 e. The zero-order chi connectivity index (χ0) is 25.5. The summed E-state index contributed by atoms with van der Waals surface area (Å²) in [6.07, 6.45) is 1.00. The summed E-state index contributed by atoms with van der Waals surface area (Å²) in [7, 11) is -2.03. The van der Waals surface area contributed by atoms with Crippen LogP contribution in [0, 0.1) is 0 Å². The van der Waals surface area contributed by atoms with Gasteiger partial charge in [0.05, 0.1) is 24.0 Å². The number of fused-ring (bicyclic) bond motifs is 1. The number of rotatable bonds is 13. The number of carbonyl (C=O) groups is 1. The van der Waals surface area contributed by atoms with Crippen LogP contribution in [-0.4, -0.2) is 64.4 Å². The highest BCUT2D eigenvalue weighted by atomic mass is 32.2. The molecule has 0 unspecified atom stereocenters. The van der Waals surface area contributed by atoms with E-state index >= 15 is 0 Å². The SMILES string of the molecule is COc1ccc(S(=O)(=O)NCCCCNC[C@H](O)COc2ccc3c(c2)OC(C)(C)CC3=O)cc1. The Kier molecular flexibility index (Phi) is 9.12. The summed E-state index contributed by atoms with van der Waals surface area (Å²) in [5.41, 5.74) is -0.00758. The molecule has 3 N–H and O–H groups in total. The average molecular weight is 507 g/mol. The molecule has 1 aliphatic rings. The number of sulfonamides is 1. The number of aliphatic hydroxyl groups excluding tert-OH is 1. The van der Waals surface area contributed by atoms with Gasteiger partial charge in [0.1, 0.15) is 35.6 Å². The molecule has 0 aliphatic carbocycles. The van der Waals surface area contributed by atoms with Crippen molar-refractivity contribution in [3.05, 3.63) is 48.0 Å². The molecule has 35 heavy (non-hydrogen) atoms.